The summed E-state index contributed by atoms with van der Waals surface area (Å²) < 4.78 is 42.1. The van der Waals surface area contributed by atoms with E-state index in [0.717, 1.165) is 7.11 Å². The summed E-state index contributed by atoms with van der Waals surface area (Å²) in [6.07, 6.45) is -2.23. The Morgan fingerprint density at radius 3 is 2.64 bits per heavy atom. The van der Waals surface area contributed by atoms with Crippen molar-refractivity contribution in [3.8, 4) is 5.75 Å². The molecule has 0 saturated carbocycles. The second-order valence-electron chi connectivity index (χ2n) is 2.46. The number of hydrogen-bond acceptors (Lipinski definition) is 3. The summed E-state index contributed by atoms with van der Waals surface area (Å²) in [6, 6.07) is 0. The fourth-order valence-electron chi connectivity index (χ4n) is 1.08. The van der Waals surface area contributed by atoms with Crippen molar-refractivity contribution in [3.63, 3.8) is 0 Å². The number of methoxy groups -OCH3 is 1. The van der Waals surface area contributed by atoms with Crippen LogP contribution in [0.15, 0.2) is 6.20 Å². The lowest BCUT2D eigenvalue weighted by Gasteiger charge is -2.10. The van der Waals surface area contributed by atoms with Crippen LogP contribution in [0.4, 0.5) is 13.2 Å². The monoisotopic (exact) mass is 207 g/mol. The van der Waals surface area contributed by atoms with E-state index in [0.29, 0.717) is 6.20 Å². The van der Waals surface area contributed by atoms with Gasteiger partial charge >= 0.3 is 0 Å². The summed E-state index contributed by atoms with van der Waals surface area (Å²) in [6.45, 7) is -0.742. The molecule has 0 spiro atoms. The highest BCUT2D eigenvalue weighted by Gasteiger charge is 2.20. The number of rotatable bonds is 3. The van der Waals surface area contributed by atoms with Crippen LogP contribution in [0, 0.1) is 5.82 Å². The van der Waals surface area contributed by atoms with Crippen LogP contribution >= 0.6 is 0 Å². The third kappa shape index (κ3) is 1.79. The molecule has 1 aromatic rings. The van der Waals surface area contributed by atoms with E-state index in [4.69, 9.17) is 5.11 Å². The molecule has 0 aliphatic rings. The predicted octanol–water partition coefficient (Wildman–Crippen LogP) is 1.66. The highest BCUT2D eigenvalue weighted by Crippen LogP contribution is 2.29. The average Bonchev–Trinajstić information content (AvgIpc) is 2.16. The highest BCUT2D eigenvalue weighted by atomic mass is 19.3. The molecule has 1 rings (SSSR count). The number of pyridine rings is 1. The van der Waals surface area contributed by atoms with Gasteiger partial charge < -0.3 is 9.84 Å². The van der Waals surface area contributed by atoms with Crippen LogP contribution in [-0.4, -0.2) is 17.2 Å². The van der Waals surface area contributed by atoms with Crippen molar-refractivity contribution in [1.29, 1.82) is 0 Å². The van der Waals surface area contributed by atoms with Crippen LogP contribution in [0.5, 0.6) is 5.75 Å². The predicted molar refractivity (Wildman–Crippen MR) is 41.6 cm³/mol. The maximum absolute atomic E-state index is 12.9. The molecule has 0 unspecified atom stereocenters. The Labute approximate surface area is 78.2 Å². The Bertz CT molecular complexity index is 331. The molecule has 1 aromatic heterocycles. The molecule has 0 radical (unpaired) electrons. The van der Waals surface area contributed by atoms with Crippen LogP contribution in [-0.2, 0) is 6.61 Å². The third-order valence-corrected chi connectivity index (χ3v) is 1.69. The Morgan fingerprint density at radius 2 is 2.21 bits per heavy atom. The van der Waals surface area contributed by atoms with E-state index in [9.17, 15) is 13.2 Å². The molecule has 0 aromatic carbocycles. The maximum atomic E-state index is 12.9. The zero-order valence-electron chi connectivity index (χ0n) is 7.30. The number of aliphatic hydroxyl groups excluding tert-OH is 1. The van der Waals surface area contributed by atoms with Crippen molar-refractivity contribution >= 4 is 0 Å². The Kier molecular flexibility index (Phi) is 3.29. The fourth-order valence-corrected chi connectivity index (χ4v) is 1.08. The Balaban J connectivity index is 3.33. The van der Waals surface area contributed by atoms with Crippen molar-refractivity contribution in [3.05, 3.63) is 23.3 Å². The first-order valence-electron chi connectivity index (χ1n) is 3.72. The number of aromatic nitrogens is 1. The molecule has 0 aliphatic heterocycles. The van der Waals surface area contributed by atoms with E-state index in [1.54, 1.807) is 0 Å². The molecule has 0 amide bonds. The minimum Gasteiger partial charge on any atom is -0.493 e. The molecule has 78 valence electrons. The minimum atomic E-state index is -2.87. The van der Waals surface area contributed by atoms with Gasteiger partial charge in [-0.05, 0) is 0 Å². The molecule has 0 saturated heterocycles. The van der Waals surface area contributed by atoms with E-state index in [2.05, 4.69) is 9.72 Å². The molecule has 1 heterocycles. The van der Waals surface area contributed by atoms with Crippen LogP contribution in [0.3, 0.4) is 0 Å². The van der Waals surface area contributed by atoms with Gasteiger partial charge in [-0.2, -0.15) is 0 Å². The second kappa shape index (κ2) is 4.28. The van der Waals surface area contributed by atoms with Gasteiger partial charge in [-0.3, -0.25) is 4.98 Å². The number of nitrogens with zero attached hydrogens (tertiary/aromatic N) is 1. The van der Waals surface area contributed by atoms with E-state index < -0.39 is 30.3 Å². The van der Waals surface area contributed by atoms with Gasteiger partial charge in [-0.15, -0.1) is 0 Å². The summed E-state index contributed by atoms with van der Waals surface area (Å²) in [5, 5.41) is 8.78. The quantitative estimate of drug-likeness (QED) is 0.819. The number of halogens is 3. The van der Waals surface area contributed by atoms with Gasteiger partial charge in [-0.25, -0.2) is 13.2 Å². The van der Waals surface area contributed by atoms with Crippen LogP contribution in [0.1, 0.15) is 17.7 Å². The van der Waals surface area contributed by atoms with Gasteiger partial charge in [-0.1, -0.05) is 0 Å². The number of alkyl halides is 2. The van der Waals surface area contributed by atoms with Crippen molar-refractivity contribution in [2.24, 2.45) is 0 Å². The lowest BCUT2D eigenvalue weighted by Crippen LogP contribution is -2.04. The molecular formula is C8H8F3NO2. The SMILES string of the molecule is COc1c(F)cnc(C(F)F)c1CO. The summed E-state index contributed by atoms with van der Waals surface area (Å²) in [5.41, 5.74) is -0.978. The second-order valence-corrected chi connectivity index (χ2v) is 2.46. The van der Waals surface area contributed by atoms with E-state index in [1.807, 2.05) is 0 Å². The number of hydrogen-bond donors (Lipinski definition) is 1. The zero-order valence-corrected chi connectivity index (χ0v) is 7.30. The molecule has 6 heteroatoms. The first kappa shape index (κ1) is 10.8. The molecular weight excluding hydrogens is 199 g/mol. The molecule has 3 nitrogen and oxygen atoms in total. The summed E-state index contributed by atoms with van der Waals surface area (Å²) in [7, 11) is 1.13. The average molecular weight is 207 g/mol. The lowest BCUT2D eigenvalue weighted by molar-refractivity contribution is 0.140. The van der Waals surface area contributed by atoms with Crippen molar-refractivity contribution in [2.75, 3.05) is 7.11 Å². The normalized spacial score (nSPS) is 10.7. The zero-order chi connectivity index (χ0) is 10.7. The first-order valence-corrected chi connectivity index (χ1v) is 3.72. The Morgan fingerprint density at radius 1 is 1.57 bits per heavy atom. The first-order chi connectivity index (χ1) is 6.61. The summed E-state index contributed by atoms with van der Waals surface area (Å²) in [4.78, 5) is 3.19. The van der Waals surface area contributed by atoms with Gasteiger partial charge in [0.1, 0.15) is 5.69 Å². The van der Waals surface area contributed by atoms with Gasteiger partial charge in [0.15, 0.2) is 11.6 Å². The topological polar surface area (TPSA) is 42.4 Å². The van der Waals surface area contributed by atoms with Gasteiger partial charge in [0, 0.05) is 5.56 Å². The van der Waals surface area contributed by atoms with E-state index in [-0.39, 0.29) is 5.56 Å². The van der Waals surface area contributed by atoms with Gasteiger partial charge in [0.05, 0.1) is 19.9 Å². The highest BCUT2D eigenvalue weighted by molar-refractivity contribution is 5.37. The van der Waals surface area contributed by atoms with Crippen molar-refractivity contribution in [2.45, 2.75) is 13.0 Å². The Hall–Kier alpha value is -1.30. The smallest absolute Gasteiger partial charge is 0.280 e. The van der Waals surface area contributed by atoms with Crippen molar-refractivity contribution < 1.29 is 23.0 Å². The molecule has 14 heavy (non-hydrogen) atoms. The maximum Gasteiger partial charge on any atom is 0.280 e. The minimum absolute atomic E-state index is 0.317. The molecule has 1 N–H and O–H groups in total. The third-order valence-electron chi connectivity index (χ3n) is 1.69. The molecule has 0 aliphatic carbocycles. The van der Waals surface area contributed by atoms with Gasteiger partial charge in [0.25, 0.3) is 6.43 Å². The standard InChI is InChI=1S/C8H8F3NO2/c1-14-7-4(3-13)6(8(10)11)12-2-5(7)9/h2,8,13H,3H2,1H3. The lowest BCUT2D eigenvalue weighted by atomic mass is 10.2. The summed E-state index contributed by atoms with van der Waals surface area (Å²) in [5.74, 6) is -1.27. The number of ether oxygens (including phenoxy) is 1. The molecule has 0 fully saturated rings. The van der Waals surface area contributed by atoms with E-state index >= 15 is 0 Å². The van der Waals surface area contributed by atoms with Gasteiger partial charge in [0.2, 0.25) is 0 Å². The molecule has 0 bridgehead atoms. The largest absolute Gasteiger partial charge is 0.493 e. The van der Waals surface area contributed by atoms with Crippen molar-refractivity contribution in [1.82, 2.24) is 4.98 Å². The molecule has 0 atom stereocenters. The fraction of sp³-hybridized carbons (Fsp3) is 0.375. The van der Waals surface area contributed by atoms with Crippen LogP contribution < -0.4 is 4.74 Å². The van der Waals surface area contributed by atoms with Crippen LogP contribution in [0.2, 0.25) is 0 Å². The van der Waals surface area contributed by atoms with Crippen LogP contribution in [0.25, 0.3) is 0 Å². The number of aliphatic hydroxyl groups is 1. The summed E-state index contributed by atoms with van der Waals surface area (Å²) >= 11 is 0. The van der Waals surface area contributed by atoms with E-state index in [1.165, 1.54) is 0 Å².